The van der Waals surface area contributed by atoms with Gasteiger partial charge < -0.3 is 5.32 Å². The lowest BCUT2D eigenvalue weighted by molar-refractivity contribution is 0.151. The Morgan fingerprint density at radius 2 is 2.17 bits per heavy atom. The van der Waals surface area contributed by atoms with Gasteiger partial charge in [0.2, 0.25) is 0 Å². The minimum atomic E-state index is -3.11. The number of benzene rings is 1. The molecule has 0 aliphatic heterocycles. The molecule has 0 radical (unpaired) electrons. The van der Waals surface area contributed by atoms with Gasteiger partial charge >= 0.3 is 0 Å². The summed E-state index contributed by atoms with van der Waals surface area (Å²) in [4.78, 5) is 0. The molecular weight excluding hydrogens is 409 g/mol. The Hall–Kier alpha value is -1.76. The standard InChI is InChI=1S/C12H15BrFN5O4S/c1-24(21,22)5-4-15-12-11(16-23-17-12)7-19(18-20)8-2-3-10(14)9(13)6-8/h2-3,6,18,20H,4-5,7H2,1H3,(H,15,17). The summed E-state index contributed by atoms with van der Waals surface area (Å²) in [5, 5.41) is 20.7. The lowest BCUT2D eigenvalue weighted by Gasteiger charge is -2.21. The van der Waals surface area contributed by atoms with Crippen molar-refractivity contribution < 1.29 is 22.6 Å². The molecule has 9 nitrogen and oxygen atoms in total. The number of aromatic nitrogens is 2. The number of nitrogens with one attached hydrogen (secondary N) is 2. The Balaban J connectivity index is 2.08. The SMILES string of the molecule is CS(=O)(=O)CCNc1nonc1CN(NO)c1ccc(F)c(Br)c1. The summed E-state index contributed by atoms with van der Waals surface area (Å²) in [7, 11) is -3.11. The molecule has 1 aromatic carbocycles. The monoisotopic (exact) mass is 423 g/mol. The van der Waals surface area contributed by atoms with Crippen LogP contribution in [0.3, 0.4) is 0 Å². The highest BCUT2D eigenvalue weighted by molar-refractivity contribution is 9.10. The lowest BCUT2D eigenvalue weighted by atomic mass is 10.3. The topological polar surface area (TPSA) is 121 Å². The minimum Gasteiger partial charge on any atom is -0.365 e. The quantitative estimate of drug-likeness (QED) is 0.539. The molecule has 0 bridgehead atoms. The summed E-state index contributed by atoms with van der Waals surface area (Å²) in [5.41, 5.74) is 2.75. The number of halogens is 2. The fraction of sp³-hybridized carbons (Fsp3) is 0.333. The molecule has 2 rings (SSSR count). The molecule has 1 heterocycles. The highest BCUT2D eigenvalue weighted by atomic mass is 79.9. The van der Waals surface area contributed by atoms with E-state index >= 15 is 0 Å². The first kappa shape index (κ1) is 18.6. The number of hydrogen-bond donors (Lipinski definition) is 3. The van der Waals surface area contributed by atoms with E-state index in [0.29, 0.717) is 11.4 Å². The first-order valence-corrected chi connectivity index (χ1v) is 9.51. The Morgan fingerprint density at radius 3 is 2.79 bits per heavy atom. The smallest absolute Gasteiger partial charge is 0.196 e. The number of hydrazine groups is 1. The zero-order chi connectivity index (χ0) is 17.7. The number of sulfone groups is 1. The maximum Gasteiger partial charge on any atom is 0.196 e. The molecule has 0 saturated heterocycles. The van der Waals surface area contributed by atoms with Crippen molar-refractivity contribution in [1.82, 2.24) is 15.9 Å². The van der Waals surface area contributed by atoms with Crippen molar-refractivity contribution >= 4 is 37.3 Å². The van der Waals surface area contributed by atoms with E-state index in [4.69, 9.17) is 0 Å². The van der Waals surface area contributed by atoms with Crippen LogP contribution in [0.2, 0.25) is 0 Å². The molecule has 0 fully saturated rings. The molecule has 12 heteroatoms. The van der Waals surface area contributed by atoms with Gasteiger partial charge in [-0.25, -0.2) is 17.4 Å². The van der Waals surface area contributed by atoms with Gasteiger partial charge in [-0.2, -0.15) is 0 Å². The Labute approximate surface area is 145 Å². The van der Waals surface area contributed by atoms with Crippen molar-refractivity contribution in [2.75, 3.05) is 28.9 Å². The van der Waals surface area contributed by atoms with E-state index < -0.39 is 15.7 Å². The second kappa shape index (κ2) is 7.88. The van der Waals surface area contributed by atoms with Gasteiger partial charge in [0.15, 0.2) is 5.82 Å². The average molecular weight is 424 g/mol. The fourth-order valence-electron chi connectivity index (χ4n) is 1.79. The zero-order valence-electron chi connectivity index (χ0n) is 12.5. The van der Waals surface area contributed by atoms with E-state index in [0.717, 1.165) is 6.26 Å². The van der Waals surface area contributed by atoms with Gasteiger partial charge in [-0.15, -0.1) is 5.59 Å². The third-order valence-electron chi connectivity index (χ3n) is 2.97. The van der Waals surface area contributed by atoms with Crippen molar-refractivity contribution in [2.24, 2.45) is 0 Å². The second-order valence-corrected chi connectivity index (χ2v) is 8.01. The fourth-order valence-corrected chi connectivity index (χ4v) is 2.63. The van der Waals surface area contributed by atoms with Crippen molar-refractivity contribution in [3.63, 3.8) is 0 Å². The van der Waals surface area contributed by atoms with Crippen molar-refractivity contribution in [1.29, 1.82) is 0 Å². The molecule has 3 N–H and O–H groups in total. The van der Waals surface area contributed by atoms with Gasteiger partial charge in [-0.1, -0.05) is 5.16 Å². The number of hydrogen-bond acceptors (Lipinski definition) is 9. The van der Waals surface area contributed by atoms with E-state index in [1.165, 1.54) is 23.2 Å². The zero-order valence-corrected chi connectivity index (χ0v) is 14.9. The molecule has 0 amide bonds. The van der Waals surface area contributed by atoms with Crippen LogP contribution in [0.4, 0.5) is 15.9 Å². The summed E-state index contributed by atoms with van der Waals surface area (Å²) in [6.07, 6.45) is 1.13. The van der Waals surface area contributed by atoms with Crippen LogP contribution in [-0.2, 0) is 16.4 Å². The van der Waals surface area contributed by atoms with E-state index in [1.807, 2.05) is 5.59 Å². The molecule has 24 heavy (non-hydrogen) atoms. The van der Waals surface area contributed by atoms with E-state index in [9.17, 15) is 18.0 Å². The van der Waals surface area contributed by atoms with E-state index in [-0.39, 0.29) is 29.1 Å². The van der Waals surface area contributed by atoms with Gasteiger partial charge in [-0.3, -0.25) is 10.2 Å². The molecule has 0 aliphatic rings. The van der Waals surface area contributed by atoms with Gasteiger partial charge in [-0.05, 0) is 39.3 Å². The van der Waals surface area contributed by atoms with Crippen LogP contribution in [0.1, 0.15) is 5.69 Å². The highest BCUT2D eigenvalue weighted by Gasteiger charge is 2.16. The molecule has 0 unspecified atom stereocenters. The summed E-state index contributed by atoms with van der Waals surface area (Å²) in [6.45, 7) is 0.161. The molecule has 0 aliphatic carbocycles. The highest BCUT2D eigenvalue weighted by Crippen LogP contribution is 2.24. The number of rotatable bonds is 8. The summed E-state index contributed by atoms with van der Waals surface area (Å²) >= 11 is 3.06. The second-order valence-electron chi connectivity index (χ2n) is 4.90. The molecule has 0 atom stereocenters. The molecular formula is C12H15BrFN5O4S. The normalized spacial score (nSPS) is 11.5. The molecule has 0 spiro atoms. The van der Waals surface area contributed by atoms with Crippen LogP contribution in [0.25, 0.3) is 0 Å². The minimum absolute atomic E-state index is 0.0271. The van der Waals surface area contributed by atoms with Crippen LogP contribution >= 0.6 is 15.9 Å². The maximum atomic E-state index is 13.3. The van der Waals surface area contributed by atoms with Crippen LogP contribution in [0, 0.1) is 5.82 Å². The van der Waals surface area contributed by atoms with Gasteiger partial charge in [0.05, 0.1) is 22.5 Å². The molecule has 2 aromatic rings. The van der Waals surface area contributed by atoms with Crippen molar-refractivity contribution in [2.45, 2.75) is 6.54 Å². The largest absolute Gasteiger partial charge is 0.365 e. The maximum absolute atomic E-state index is 13.3. The number of nitrogens with zero attached hydrogens (tertiary/aromatic N) is 3. The summed E-state index contributed by atoms with van der Waals surface area (Å²) in [6, 6.07) is 4.15. The molecule has 132 valence electrons. The Morgan fingerprint density at radius 1 is 1.42 bits per heavy atom. The van der Waals surface area contributed by atoms with Crippen LogP contribution < -0.4 is 15.9 Å². The predicted octanol–water partition coefficient (Wildman–Crippen LogP) is 1.33. The lowest BCUT2D eigenvalue weighted by Crippen LogP contribution is -2.35. The third-order valence-corrected chi connectivity index (χ3v) is 4.52. The van der Waals surface area contributed by atoms with Crippen LogP contribution in [0.5, 0.6) is 0 Å². The first-order chi connectivity index (χ1) is 11.3. The average Bonchev–Trinajstić information content (AvgIpc) is 2.94. The number of anilines is 2. The molecule has 1 aromatic heterocycles. The summed E-state index contributed by atoms with van der Waals surface area (Å²) < 4.78 is 40.4. The predicted molar refractivity (Wildman–Crippen MR) is 87.7 cm³/mol. The van der Waals surface area contributed by atoms with Gasteiger partial charge in [0, 0.05) is 12.8 Å². The molecule has 0 saturated carbocycles. The third kappa shape index (κ3) is 5.12. The van der Waals surface area contributed by atoms with E-state index in [1.54, 1.807) is 0 Å². The first-order valence-electron chi connectivity index (χ1n) is 6.65. The van der Waals surface area contributed by atoms with Crippen molar-refractivity contribution in [3.05, 3.63) is 34.2 Å². The Bertz CT molecular complexity index is 800. The Kier molecular flexibility index (Phi) is 6.10. The van der Waals surface area contributed by atoms with Gasteiger partial charge in [0.25, 0.3) is 0 Å². The van der Waals surface area contributed by atoms with Crippen molar-refractivity contribution in [3.8, 4) is 0 Å². The van der Waals surface area contributed by atoms with Crippen LogP contribution in [-0.4, -0.2) is 42.5 Å². The van der Waals surface area contributed by atoms with Crippen LogP contribution in [0.15, 0.2) is 27.3 Å². The van der Waals surface area contributed by atoms with Gasteiger partial charge in [0.1, 0.15) is 21.3 Å². The van der Waals surface area contributed by atoms with E-state index in [2.05, 4.69) is 36.2 Å². The summed E-state index contributed by atoms with van der Waals surface area (Å²) in [5.74, 6) is -0.269.